The van der Waals surface area contributed by atoms with Crippen molar-refractivity contribution in [3.8, 4) is 0 Å². The molecule has 0 spiro atoms. The molecule has 0 unspecified atom stereocenters. The average molecular weight is 317 g/mol. The third kappa shape index (κ3) is 4.09. The Bertz CT molecular complexity index is 626. The molecule has 0 bridgehead atoms. The summed E-state index contributed by atoms with van der Waals surface area (Å²) in [5, 5.41) is 5.90. The van der Waals surface area contributed by atoms with Gasteiger partial charge in [-0.05, 0) is 30.7 Å². The second kappa shape index (κ2) is 7.61. The van der Waals surface area contributed by atoms with Crippen molar-refractivity contribution in [1.29, 1.82) is 0 Å². The minimum Gasteiger partial charge on any atom is -0.350 e. The van der Waals surface area contributed by atoms with Crippen LogP contribution in [0.3, 0.4) is 0 Å². The molecule has 2 aromatic rings. The lowest BCUT2D eigenvalue weighted by Crippen LogP contribution is -2.35. The number of amides is 2. The van der Waals surface area contributed by atoms with Crippen LogP contribution in [0, 0.1) is 6.92 Å². The monoisotopic (exact) mass is 316 g/mol. The third-order valence-corrected chi connectivity index (χ3v) is 3.53. The lowest BCUT2D eigenvalue weighted by atomic mass is 10.1. The summed E-state index contributed by atoms with van der Waals surface area (Å²) in [6.45, 7) is 2.57. The second-order valence-electron chi connectivity index (χ2n) is 4.81. The first-order valence-corrected chi connectivity index (χ1v) is 7.34. The van der Waals surface area contributed by atoms with Crippen LogP contribution >= 0.6 is 11.6 Å². The molecule has 0 fully saturated rings. The molecule has 5 heteroatoms. The maximum absolute atomic E-state index is 12.0. The zero-order valence-corrected chi connectivity index (χ0v) is 13.0. The van der Waals surface area contributed by atoms with Gasteiger partial charge in [-0.15, -0.1) is 0 Å². The number of halogens is 1. The van der Waals surface area contributed by atoms with Crippen molar-refractivity contribution in [1.82, 2.24) is 10.6 Å². The molecule has 0 atom stereocenters. The highest BCUT2D eigenvalue weighted by Crippen LogP contribution is 2.14. The molecule has 4 nitrogen and oxygen atoms in total. The first-order valence-electron chi connectivity index (χ1n) is 6.96. The first kappa shape index (κ1) is 16.0. The molecule has 22 heavy (non-hydrogen) atoms. The third-order valence-electron chi connectivity index (χ3n) is 3.20. The van der Waals surface area contributed by atoms with Crippen LogP contribution in [-0.4, -0.2) is 24.9 Å². The molecule has 0 aliphatic carbocycles. The maximum Gasteiger partial charge on any atom is 0.252 e. The van der Waals surface area contributed by atoms with Gasteiger partial charge < -0.3 is 10.6 Å². The van der Waals surface area contributed by atoms with E-state index in [1.165, 1.54) is 0 Å². The highest BCUT2D eigenvalue weighted by atomic mass is 35.5. The number of hydrogen-bond acceptors (Lipinski definition) is 2. The highest BCUT2D eigenvalue weighted by Gasteiger charge is 2.10. The van der Waals surface area contributed by atoms with Crippen molar-refractivity contribution < 1.29 is 9.59 Å². The fourth-order valence-corrected chi connectivity index (χ4v) is 2.24. The van der Waals surface area contributed by atoms with Crippen molar-refractivity contribution in [3.63, 3.8) is 0 Å². The van der Waals surface area contributed by atoms with Gasteiger partial charge in [-0.25, -0.2) is 0 Å². The summed E-state index contributed by atoms with van der Waals surface area (Å²) >= 11 is 5.95. The fraction of sp³-hybridized carbons (Fsp3) is 0.176. The Kier molecular flexibility index (Phi) is 5.55. The molecule has 2 rings (SSSR count). The molecule has 0 aromatic heterocycles. The molecule has 2 N–H and O–H groups in total. The van der Waals surface area contributed by atoms with Gasteiger partial charge >= 0.3 is 0 Å². The van der Waals surface area contributed by atoms with E-state index in [2.05, 4.69) is 10.6 Å². The normalized spacial score (nSPS) is 10.1. The standard InChI is InChI=1S/C17H17ClN2O2/c1-12-6-2-3-7-13(12)16(21)19-10-11-20-17(22)14-8-4-5-9-15(14)18/h2-9H,10-11H2,1H3,(H,19,21)(H,20,22). The topological polar surface area (TPSA) is 58.2 Å². The molecule has 0 radical (unpaired) electrons. The lowest BCUT2D eigenvalue weighted by Gasteiger charge is -2.09. The van der Waals surface area contributed by atoms with E-state index in [0.29, 0.717) is 29.2 Å². The summed E-state index contributed by atoms with van der Waals surface area (Å²) in [6.07, 6.45) is 0. The zero-order valence-electron chi connectivity index (χ0n) is 12.2. The number of nitrogens with one attached hydrogen (secondary N) is 2. The summed E-state index contributed by atoms with van der Waals surface area (Å²) in [5.74, 6) is -0.402. The minimum absolute atomic E-state index is 0.148. The van der Waals surface area contributed by atoms with E-state index in [1.807, 2.05) is 25.1 Å². The van der Waals surface area contributed by atoms with Crippen LogP contribution in [0.15, 0.2) is 48.5 Å². The van der Waals surface area contributed by atoms with Crippen molar-refractivity contribution in [2.75, 3.05) is 13.1 Å². The Morgan fingerprint density at radius 2 is 1.36 bits per heavy atom. The Labute approximate surface area is 134 Å². The Morgan fingerprint density at radius 1 is 0.864 bits per heavy atom. The average Bonchev–Trinajstić information content (AvgIpc) is 2.52. The van der Waals surface area contributed by atoms with Gasteiger partial charge in [0.05, 0.1) is 10.6 Å². The molecule has 0 saturated heterocycles. The Balaban J connectivity index is 1.80. The van der Waals surface area contributed by atoms with E-state index in [1.54, 1.807) is 30.3 Å². The van der Waals surface area contributed by atoms with Gasteiger partial charge in [-0.2, -0.15) is 0 Å². The molecule has 0 aliphatic heterocycles. The summed E-state index contributed by atoms with van der Waals surface area (Å²) < 4.78 is 0. The Hall–Kier alpha value is -2.33. The quantitative estimate of drug-likeness (QED) is 0.833. The number of rotatable bonds is 5. The van der Waals surface area contributed by atoms with Gasteiger partial charge in [0.1, 0.15) is 0 Å². The van der Waals surface area contributed by atoms with E-state index in [-0.39, 0.29) is 11.8 Å². The zero-order chi connectivity index (χ0) is 15.9. The SMILES string of the molecule is Cc1ccccc1C(=O)NCCNC(=O)c1ccccc1Cl. The summed E-state index contributed by atoms with van der Waals surface area (Å²) in [6, 6.07) is 14.2. The summed E-state index contributed by atoms with van der Waals surface area (Å²) in [4.78, 5) is 23.9. The van der Waals surface area contributed by atoms with Crippen LogP contribution in [0.1, 0.15) is 26.3 Å². The number of hydrogen-bond donors (Lipinski definition) is 2. The van der Waals surface area contributed by atoms with Crippen LogP contribution in [0.25, 0.3) is 0 Å². The van der Waals surface area contributed by atoms with Crippen molar-refractivity contribution in [2.45, 2.75) is 6.92 Å². The largest absolute Gasteiger partial charge is 0.350 e. The smallest absolute Gasteiger partial charge is 0.252 e. The van der Waals surface area contributed by atoms with E-state index in [9.17, 15) is 9.59 Å². The first-order chi connectivity index (χ1) is 10.6. The van der Waals surface area contributed by atoms with Crippen molar-refractivity contribution in [3.05, 3.63) is 70.2 Å². The molecule has 2 amide bonds. The molecule has 114 valence electrons. The van der Waals surface area contributed by atoms with Crippen LogP contribution in [0.2, 0.25) is 5.02 Å². The van der Waals surface area contributed by atoms with Crippen LogP contribution in [0.4, 0.5) is 0 Å². The fourth-order valence-electron chi connectivity index (χ4n) is 2.02. The summed E-state index contributed by atoms with van der Waals surface area (Å²) in [7, 11) is 0. The lowest BCUT2D eigenvalue weighted by molar-refractivity contribution is 0.0927. The van der Waals surface area contributed by atoms with Gasteiger partial charge in [0.15, 0.2) is 0 Å². The molecule has 0 saturated carbocycles. The number of aryl methyl sites for hydroxylation is 1. The van der Waals surface area contributed by atoms with Gasteiger partial charge in [0.2, 0.25) is 0 Å². The number of carbonyl (C=O) groups excluding carboxylic acids is 2. The molecular weight excluding hydrogens is 300 g/mol. The predicted molar refractivity (Wildman–Crippen MR) is 87.3 cm³/mol. The second-order valence-corrected chi connectivity index (χ2v) is 5.21. The van der Waals surface area contributed by atoms with Crippen LogP contribution < -0.4 is 10.6 Å². The number of carbonyl (C=O) groups is 2. The molecule has 0 aliphatic rings. The van der Waals surface area contributed by atoms with E-state index in [0.717, 1.165) is 5.56 Å². The molecule has 2 aromatic carbocycles. The van der Waals surface area contributed by atoms with E-state index < -0.39 is 0 Å². The maximum atomic E-state index is 12.0. The summed E-state index contributed by atoms with van der Waals surface area (Å²) in [5.41, 5.74) is 1.98. The Morgan fingerprint density at radius 3 is 1.95 bits per heavy atom. The van der Waals surface area contributed by atoms with Gasteiger partial charge in [-0.1, -0.05) is 41.9 Å². The molecule has 0 heterocycles. The van der Waals surface area contributed by atoms with E-state index >= 15 is 0 Å². The van der Waals surface area contributed by atoms with Crippen molar-refractivity contribution in [2.24, 2.45) is 0 Å². The minimum atomic E-state index is -0.254. The van der Waals surface area contributed by atoms with Gasteiger partial charge in [-0.3, -0.25) is 9.59 Å². The van der Waals surface area contributed by atoms with Gasteiger partial charge in [0, 0.05) is 18.7 Å². The highest BCUT2D eigenvalue weighted by molar-refractivity contribution is 6.33. The predicted octanol–water partition coefficient (Wildman–Crippen LogP) is 2.81. The van der Waals surface area contributed by atoms with E-state index in [4.69, 9.17) is 11.6 Å². The van der Waals surface area contributed by atoms with Crippen LogP contribution in [0.5, 0.6) is 0 Å². The van der Waals surface area contributed by atoms with Crippen LogP contribution in [-0.2, 0) is 0 Å². The molecular formula is C17H17ClN2O2. The van der Waals surface area contributed by atoms with Gasteiger partial charge in [0.25, 0.3) is 11.8 Å². The number of benzene rings is 2. The van der Waals surface area contributed by atoms with Crippen molar-refractivity contribution >= 4 is 23.4 Å².